The normalized spacial score (nSPS) is 13.0. The monoisotopic (exact) mass is 766 g/mol. The van der Waals surface area contributed by atoms with Gasteiger partial charge in [-0.2, -0.15) is 9.97 Å². The Bertz CT molecular complexity index is 3510. The maximum Gasteiger partial charge on any atom is 0.238 e. The summed E-state index contributed by atoms with van der Waals surface area (Å²) in [5.41, 5.74) is 13.8. The van der Waals surface area contributed by atoms with Crippen LogP contribution >= 0.6 is 0 Å². The van der Waals surface area contributed by atoms with Crippen molar-refractivity contribution in [1.82, 2.24) is 19.5 Å². The molecule has 0 aliphatic heterocycles. The Morgan fingerprint density at radius 1 is 0.400 bits per heavy atom. The van der Waals surface area contributed by atoms with Gasteiger partial charge in [-0.15, -0.1) is 0 Å². The van der Waals surface area contributed by atoms with Crippen LogP contribution in [-0.2, 0) is 5.41 Å². The molecule has 0 N–H and O–H groups in total. The average Bonchev–Trinajstić information content (AvgIpc) is 3.78. The van der Waals surface area contributed by atoms with E-state index >= 15 is 0 Å². The molecular weight excluding hydrogens is 729 g/mol. The minimum Gasteiger partial charge on any atom is -0.277 e. The van der Waals surface area contributed by atoms with E-state index in [1.54, 1.807) is 0 Å². The molecule has 1 aliphatic rings. The van der Waals surface area contributed by atoms with Gasteiger partial charge in [0.15, 0.2) is 11.6 Å². The zero-order valence-electron chi connectivity index (χ0n) is 33.3. The van der Waals surface area contributed by atoms with E-state index in [0.717, 1.165) is 44.1 Å². The molecule has 4 nitrogen and oxygen atoms in total. The van der Waals surface area contributed by atoms with Crippen molar-refractivity contribution >= 4 is 43.4 Å². The smallest absolute Gasteiger partial charge is 0.238 e. The molecule has 1 aliphatic carbocycles. The molecule has 0 saturated heterocycles. The average molecular weight is 767 g/mol. The van der Waals surface area contributed by atoms with E-state index in [2.05, 4.69) is 206 Å². The first-order chi connectivity index (χ1) is 29.5. The Morgan fingerprint density at radius 3 is 1.83 bits per heavy atom. The molecule has 2 aromatic heterocycles. The van der Waals surface area contributed by atoms with E-state index < -0.39 is 0 Å². The second-order valence-corrected chi connectivity index (χ2v) is 16.4. The fourth-order valence-electron chi connectivity index (χ4n) is 9.73. The predicted octanol–water partition coefficient (Wildman–Crippen LogP) is 14.2. The van der Waals surface area contributed by atoms with Crippen molar-refractivity contribution in [3.05, 3.63) is 205 Å². The van der Waals surface area contributed by atoms with Gasteiger partial charge in [0.05, 0.1) is 11.0 Å². The number of hydrogen-bond acceptors (Lipinski definition) is 3. The van der Waals surface area contributed by atoms with Gasteiger partial charge in [-0.3, -0.25) is 4.57 Å². The number of rotatable bonds is 5. The first-order valence-corrected chi connectivity index (χ1v) is 20.6. The SMILES string of the molecule is CC1(C)c2ccccc2-c2c(-c3cccc4c5c6ccccc6ccc5n(-c5nc(-c6ccc(-c7ccccc7)cc6)nc(-c6ccc7ccccc7c6)n5)c34)cccc21. The topological polar surface area (TPSA) is 43.6 Å². The molecule has 0 atom stereocenters. The van der Waals surface area contributed by atoms with Gasteiger partial charge in [0.2, 0.25) is 5.95 Å². The van der Waals surface area contributed by atoms with Crippen LogP contribution in [0.1, 0.15) is 25.0 Å². The number of hydrogen-bond donors (Lipinski definition) is 0. The molecule has 0 saturated carbocycles. The van der Waals surface area contributed by atoms with Gasteiger partial charge < -0.3 is 0 Å². The quantitative estimate of drug-likeness (QED) is 0.175. The highest BCUT2D eigenvalue weighted by molar-refractivity contribution is 6.23. The van der Waals surface area contributed by atoms with Crippen LogP contribution in [0, 0.1) is 0 Å². The Balaban J connectivity index is 1.17. The highest BCUT2D eigenvalue weighted by Gasteiger charge is 2.37. The van der Waals surface area contributed by atoms with Crippen molar-refractivity contribution in [3.63, 3.8) is 0 Å². The van der Waals surface area contributed by atoms with E-state index in [-0.39, 0.29) is 5.41 Å². The summed E-state index contributed by atoms with van der Waals surface area (Å²) in [6.07, 6.45) is 0. The minimum absolute atomic E-state index is 0.132. The van der Waals surface area contributed by atoms with Crippen LogP contribution in [0.4, 0.5) is 0 Å². The molecule has 0 bridgehead atoms. The van der Waals surface area contributed by atoms with Crippen molar-refractivity contribution in [2.24, 2.45) is 0 Å². The Morgan fingerprint density at radius 2 is 0.983 bits per heavy atom. The summed E-state index contributed by atoms with van der Waals surface area (Å²) in [5.74, 6) is 1.82. The summed E-state index contributed by atoms with van der Waals surface area (Å²) in [6, 6.07) is 69.6. The van der Waals surface area contributed by atoms with Gasteiger partial charge in [0.25, 0.3) is 0 Å². The van der Waals surface area contributed by atoms with Gasteiger partial charge >= 0.3 is 0 Å². The van der Waals surface area contributed by atoms with Crippen molar-refractivity contribution in [2.45, 2.75) is 19.3 Å². The third kappa shape index (κ3) is 5.20. The second kappa shape index (κ2) is 13.2. The third-order valence-corrected chi connectivity index (χ3v) is 12.7. The summed E-state index contributed by atoms with van der Waals surface area (Å²) in [6.45, 7) is 4.69. The maximum atomic E-state index is 5.43. The van der Waals surface area contributed by atoms with Crippen LogP contribution in [0.3, 0.4) is 0 Å². The van der Waals surface area contributed by atoms with E-state index in [1.807, 2.05) is 6.07 Å². The molecule has 2 heterocycles. The zero-order chi connectivity index (χ0) is 40.0. The molecule has 282 valence electrons. The standard InChI is InChI=1S/C56H38N4/c1-56(2)47-24-11-10-20-45(47)50-43(21-13-25-48(50)56)44-22-12-23-46-51-42-19-9-8-17-38(42)32-33-49(51)60(52(44)46)55-58-53(39-29-26-37(27-30-39)35-14-4-3-5-15-35)57-54(59-55)41-31-28-36-16-6-7-18-40(36)34-41/h3-34H,1-2H3. The van der Waals surface area contributed by atoms with Crippen LogP contribution in [0.5, 0.6) is 0 Å². The van der Waals surface area contributed by atoms with E-state index in [1.165, 1.54) is 54.9 Å². The molecule has 60 heavy (non-hydrogen) atoms. The van der Waals surface area contributed by atoms with Gasteiger partial charge in [0, 0.05) is 32.9 Å². The number of nitrogens with zero attached hydrogens (tertiary/aromatic N) is 4. The fraction of sp³-hybridized carbons (Fsp3) is 0.0536. The van der Waals surface area contributed by atoms with Crippen LogP contribution in [-0.4, -0.2) is 19.5 Å². The number of para-hydroxylation sites is 1. The number of aromatic nitrogens is 4. The highest BCUT2D eigenvalue weighted by atomic mass is 15.2. The predicted molar refractivity (Wildman–Crippen MR) is 248 cm³/mol. The lowest BCUT2D eigenvalue weighted by atomic mass is 9.82. The molecule has 9 aromatic carbocycles. The lowest BCUT2D eigenvalue weighted by molar-refractivity contribution is 0.660. The van der Waals surface area contributed by atoms with Crippen molar-refractivity contribution in [3.8, 4) is 62.1 Å². The Kier molecular flexibility index (Phi) is 7.54. The van der Waals surface area contributed by atoms with Crippen LogP contribution in [0.2, 0.25) is 0 Å². The zero-order valence-corrected chi connectivity index (χ0v) is 33.3. The van der Waals surface area contributed by atoms with Gasteiger partial charge in [0.1, 0.15) is 0 Å². The second-order valence-electron chi connectivity index (χ2n) is 16.4. The minimum atomic E-state index is -0.132. The van der Waals surface area contributed by atoms with E-state index in [0.29, 0.717) is 17.6 Å². The highest BCUT2D eigenvalue weighted by Crippen LogP contribution is 2.53. The largest absolute Gasteiger partial charge is 0.277 e. The van der Waals surface area contributed by atoms with Gasteiger partial charge in [-0.05, 0) is 72.6 Å². The number of benzene rings is 9. The van der Waals surface area contributed by atoms with Crippen molar-refractivity contribution in [2.75, 3.05) is 0 Å². The molecule has 0 fully saturated rings. The molecule has 0 radical (unpaired) electrons. The lowest BCUT2D eigenvalue weighted by Gasteiger charge is -2.21. The maximum absolute atomic E-state index is 5.43. The molecule has 11 aromatic rings. The molecule has 0 spiro atoms. The van der Waals surface area contributed by atoms with Crippen LogP contribution < -0.4 is 0 Å². The summed E-state index contributed by atoms with van der Waals surface area (Å²) >= 11 is 0. The molecule has 0 unspecified atom stereocenters. The van der Waals surface area contributed by atoms with Gasteiger partial charge in [-0.25, -0.2) is 4.98 Å². The fourth-order valence-corrected chi connectivity index (χ4v) is 9.73. The number of fused-ring (bicyclic) bond motifs is 9. The van der Waals surface area contributed by atoms with Gasteiger partial charge in [-0.1, -0.05) is 196 Å². The third-order valence-electron chi connectivity index (χ3n) is 12.7. The van der Waals surface area contributed by atoms with E-state index in [4.69, 9.17) is 15.0 Å². The van der Waals surface area contributed by atoms with Crippen molar-refractivity contribution in [1.29, 1.82) is 0 Å². The molecule has 12 rings (SSSR count). The summed E-state index contributed by atoms with van der Waals surface area (Å²) in [5, 5.41) is 7.03. The first kappa shape index (κ1) is 34.4. The summed E-state index contributed by atoms with van der Waals surface area (Å²) < 4.78 is 2.30. The molecular formula is C56H38N4. The molecule has 0 amide bonds. The Hall–Kier alpha value is -7.69. The van der Waals surface area contributed by atoms with Crippen LogP contribution in [0.25, 0.3) is 105 Å². The van der Waals surface area contributed by atoms with Crippen LogP contribution in [0.15, 0.2) is 194 Å². The summed E-state index contributed by atoms with van der Waals surface area (Å²) in [4.78, 5) is 16.1. The Labute approximate surface area is 348 Å². The molecule has 4 heteroatoms. The van der Waals surface area contributed by atoms with Crippen molar-refractivity contribution < 1.29 is 0 Å². The summed E-state index contributed by atoms with van der Waals surface area (Å²) in [7, 11) is 0. The van der Waals surface area contributed by atoms with E-state index in [9.17, 15) is 0 Å². The first-order valence-electron chi connectivity index (χ1n) is 20.6. The lowest BCUT2D eigenvalue weighted by Crippen LogP contribution is -2.14.